The molecule has 0 spiro atoms. The van der Waals surface area contributed by atoms with Crippen LogP contribution >= 0.6 is 0 Å². The van der Waals surface area contributed by atoms with E-state index in [4.69, 9.17) is 16.6 Å². The normalized spacial score (nSPS) is 13.9. The minimum absolute atomic E-state index is 0.0104. The number of aliphatic carboxylic acids is 1. The molecule has 7 nitrogen and oxygen atoms in total. The predicted molar refractivity (Wildman–Crippen MR) is 70.0 cm³/mol. The lowest BCUT2D eigenvalue weighted by atomic mass is 9.94. The molecular formula is C12H23N3O4. The van der Waals surface area contributed by atoms with Crippen LogP contribution in [0.15, 0.2) is 0 Å². The molecule has 0 aromatic heterocycles. The average Bonchev–Trinajstić information content (AvgIpc) is 2.22. The van der Waals surface area contributed by atoms with Crippen molar-refractivity contribution in [2.45, 2.75) is 39.2 Å². The van der Waals surface area contributed by atoms with Crippen molar-refractivity contribution in [2.75, 3.05) is 6.54 Å². The molecule has 0 aliphatic heterocycles. The van der Waals surface area contributed by atoms with E-state index in [1.165, 1.54) is 0 Å². The van der Waals surface area contributed by atoms with Gasteiger partial charge in [0.2, 0.25) is 11.8 Å². The third kappa shape index (κ3) is 9.01. The van der Waals surface area contributed by atoms with Gasteiger partial charge in [-0.3, -0.25) is 14.4 Å². The van der Waals surface area contributed by atoms with Gasteiger partial charge in [-0.25, -0.2) is 0 Å². The van der Waals surface area contributed by atoms with Gasteiger partial charge in [-0.2, -0.15) is 0 Å². The number of nitrogens with one attached hydrogen (secondary N) is 1. The molecule has 19 heavy (non-hydrogen) atoms. The molecule has 0 bridgehead atoms. The topological polar surface area (TPSA) is 136 Å². The largest absolute Gasteiger partial charge is 0.481 e. The van der Waals surface area contributed by atoms with Crippen LogP contribution in [0.4, 0.5) is 0 Å². The maximum absolute atomic E-state index is 11.6. The van der Waals surface area contributed by atoms with Gasteiger partial charge < -0.3 is 21.9 Å². The Hall–Kier alpha value is -1.63. The summed E-state index contributed by atoms with van der Waals surface area (Å²) in [6, 6.07) is -0.984. The first-order chi connectivity index (χ1) is 8.72. The third-order valence-electron chi connectivity index (χ3n) is 2.59. The maximum atomic E-state index is 11.6. The zero-order valence-electron chi connectivity index (χ0n) is 11.4. The Balaban J connectivity index is 4.25. The highest BCUT2D eigenvalue weighted by Crippen LogP contribution is 2.14. The molecule has 2 atom stereocenters. The molecule has 2 amide bonds. The second kappa shape index (κ2) is 8.47. The Morgan fingerprint density at radius 3 is 2.21 bits per heavy atom. The predicted octanol–water partition coefficient (Wildman–Crippen LogP) is -0.558. The molecule has 110 valence electrons. The maximum Gasteiger partial charge on any atom is 0.303 e. The van der Waals surface area contributed by atoms with E-state index in [0.29, 0.717) is 12.3 Å². The van der Waals surface area contributed by atoms with E-state index in [0.717, 1.165) is 0 Å². The summed E-state index contributed by atoms with van der Waals surface area (Å²) in [4.78, 5) is 32.9. The van der Waals surface area contributed by atoms with Crippen LogP contribution in [0.25, 0.3) is 0 Å². The molecule has 7 heteroatoms. The van der Waals surface area contributed by atoms with Crippen LogP contribution in [-0.2, 0) is 14.4 Å². The number of carboxylic acid groups (broad SMARTS) is 1. The highest BCUT2D eigenvalue weighted by Gasteiger charge is 2.19. The number of primary amides is 1. The molecule has 0 aliphatic carbocycles. The molecule has 6 N–H and O–H groups in total. The summed E-state index contributed by atoms with van der Waals surface area (Å²) in [5.41, 5.74) is 10.4. The van der Waals surface area contributed by atoms with Gasteiger partial charge in [0, 0.05) is 13.0 Å². The Labute approximate surface area is 112 Å². The lowest BCUT2D eigenvalue weighted by Crippen LogP contribution is -2.44. The first-order valence-corrected chi connectivity index (χ1v) is 6.25. The lowest BCUT2D eigenvalue weighted by Gasteiger charge is -2.19. The summed E-state index contributed by atoms with van der Waals surface area (Å²) in [5.74, 6) is -1.85. The molecular weight excluding hydrogens is 250 g/mol. The van der Waals surface area contributed by atoms with Gasteiger partial charge in [-0.05, 0) is 18.3 Å². The summed E-state index contributed by atoms with van der Waals surface area (Å²) in [6.07, 6.45) is 0.459. The van der Waals surface area contributed by atoms with Gasteiger partial charge in [0.25, 0.3) is 0 Å². The van der Waals surface area contributed by atoms with Crippen molar-refractivity contribution >= 4 is 17.8 Å². The fourth-order valence-electron chi connectivity index (χ4n) is 1.84. The molecule has 0 heterocycles. The van der Waals surface area contributed by atoms with E-state index in [1.807, 2.05) is 13.8 Å². The highest BCUT2D eigenvalue weighted by molar-refractivity contribution is 5.87. The van der Waals surface area contributed by atoms with Gasteiger partial charge in [-0.1, -0.05) is 13.8 Å². The summed E-state index contributed by atoms with van der Waals surface area (Å²) in [7, 11) is 0. The van der Waals surface area contributed by atoms with Gasteiger partial charge in [-0.15, -0.1) is 0 Å². The van der Waals surface area contributed by atoms with Crippen molar-refractivity contribution in [2.24, 2.45) is 23.3 Å². The zero-order valence-corrected chi connectivity index (χ0v) is 11.4. The van der Waals surface area contributed by atoms with Gasteiger partial charge >= 0.3 is 5.97 Å². The SMILES string of the molecule is CC(C)CC(CNC(=O)C(N)CC(N)=O)CC(=O)O. The highest BCUT2D eigenvalue weighted by atomic mass is 16.4. The first-order valence-electron chi connectivity index (χ1n) is 6.25. The summed E-state index contributed by atoms with van der Waals surface area (Å²) in [6.45, 7) is 4.20. The van der Waals surface area contributed by atoms with Crippen LogP contribution in [0.5, 0.6) is 0 Å². The molecule has 0 saturated heterocycles. The monoisotopic (exact) mass is 273 g/mol. The van der Waals surface area contributed by atoms with Crippen LogP contribution in [0.3, 0.4) is 0 Å². The molecule has 0 aromatic carbocycles. The Kier molecular flexibility index (Phi) is 7.74. The Bertz CT molecular complexity index is 331. The van der Waals surface area contributed by atoms with Crippen molar-refractivity contribution in [3.05, 3.63) is 0 Å². The van der Waals surface area contributed by atoms with E-state index < -0.39 is 23.8 Å². The summed E-state index contributed by atoms with van der Waals surface area (Å²) in [5, 5.41) is 11.4. The fourth-order valence-corrected chi connectivity index (χ4v) is 1.84. The number of hydrogen-bond donors (Lipinski definition) is 4. The summed E-state index contributed by atoms with van der Waals surface area (Å²) < 4.78 is 0. The Morgan fingerprint density at radius 2 is 1.79 bits per heavy atom. The molecule has 0 radical (unpaired) electrons. The first kappa shape index (κ1) is 17.4. The van der Waals surface area contributed by atoms with Crippen LogP contribution < -0.4 is 16.8 Å². The lowest BCUT2D eigenvalue weighted by molar-refractivity contribution is -0.138. The van der Waals surface area contributed by atoms with Gasteiger partial charge in [0.05, 0.1) is 12.5 Å². The van der Waals surface area contributed by atoms with Crippen molar-refractivity contribution < 1.29 is 19.5 Å². The smallest absolute Gasteiger partial charge is 0.303 e. The van der Waals surface area contributed by atoms with Crippen molar-refractivity contribution in [3.63, 3.8) is 0 Å². The van der Waals surface area contributed by atoms with Crippen molar-refractivity contribution in [1.82, 2.24) is 5.32 Å². The number of carboxylic acids is 1. The van der Waals surface area contributed by atoms with Gasteiger partial charge in [0.1, 0.15) is 0 Å². The number of amides is 2. The van der Waals surface area contributed by atoms with Crippen molar-refractivity contribution in [3.8, 4) is 0 Å². The molecule has 0 rings (SSSR count). The number of nitrogens with two attached hydrogens (primary N) is 2. The fraction of sp³-hybridized carbons (Fsp3) is 0.750. The third-order valence-corrected chi connectivity index (χ3v) is 2.59. The quantitative estimate of drug-likeness (QED) is 0.446. The van der Waals surface area contributed by atoms with Crippen LogP contribution in [0.1, 0.15) is 33.1 Å². The van der Waals surface area contributed by atoms with E-state index in [9.17, 15) is 14.4 Å². The van der Waals surface area contributed by atoms with Gasteiger partial charge in [0.15, 0.2) is 0 Å². The minimum atomic E-state index is -0.984. The number of carbonyl (C=O) groups excluding carboxylic acids is 2. The second-order valence-corrected chi connectivity index (χ2v) is 5.12. The minimum Gasteiger partial charge on any atom is -0.481 e. The molecule has 0 aliphatic rings. The second-order valence-electron chi connectivity index (χ2n) is 5.12. The number of rotatable bonds is 9. The molecule has 0 aromatic rings. The van der Waals surface area contributed by atoms with E-state index in [-0.39, 0.29) is 25.3 Å². The molecule has 2 unspecified atom stereocenters. The Morgan fingerprint density at radius 1 is 1.21 bits per heavy atom. The standard InChI is InChI=1S/C12H23N3O4/c1-7(2)3-8(4-11(17)18)6-15-12(19)9(13)5-10(14)16/h7-9H,3-6,13H2,1-2H3,(H2,14,16)(H,15,19)(H,17,18). The van der Waals surface area contributed by atoms with E-state index in [1.54, 1.807) is 0 Å². The van der Waals surface area contributed by atoms with Crippen LogP contribution in [0, 0.1) is 11.8 Å². The van der Waals surface area contributed by atoms with Crippen molar-refractivity contribution in [1.29, 1.82) is 0 Å². The number of hydrogen-bond acceptors (Lipinski definition) is 4. The molecule has 0 fully saturated rings. The zero-order chi connectivity index (χ0) is 15.0. The average molecular weight is 273 g/mol. The number of carbonyl (C=O) groups is 3. The summed E-state index contributed by atoms with van der Waals surface area (Å²) >= 11 is 0. The molecule has 0 saturated carbocycles. The van der Waals surface area contributed by atoms with E-state index in [2.05, 4.69) is 5.32 Å². The van der Waals surface area contributed by atoms with E-state index >= 15 is 0 Å². The van der Waals surface area contributed by atoms with Crippen LogP contribution in [-0.4, -0.2) is 35.5 Å². The van der Waals surface area contributed by atoms with Crippen LogP contribution in [0.2, 0.25) is 0 Å².